The summed E-state index contributed by atoms with van der Waals surface area (Å²) in [7, 11) is 0. The van der Waals surface area contributed by atoms with Gasteiger partial charge in [-0.1, -0.05) is 12.1 Å². The third kappa shape index (κ3) is 2.13. The lowest BCUT2D eigenvalue weighted by atomic mass is 10.0. The van der Waals surface area contributed by atoms with Crippen LogP contribution in [0.25, 0.3) is 11.5 Å². The number of nitrogens with one attached hydrogen (secondary N) is 1. The molecule has 5 heteroatoms. The highest BCUT2D eigenvalue weighted by atomic mass is 16.5. The summed E-state index contributed by atoms with van der Waals surface area (Å²) in [4.78, 5) is 12.4. The fraction of sp³-hybridized carbons (Fsp3) is 0.467. The van der Waals surface area contributed by atoms with Crippen molar-refractivity contribution in [3.05, 3.63) is 30.2 Å². The number of amides is 1. The van der Waals surface area contributed by atoms with Gasteiger partial charge in [0.1, 0.15) is 0 Å². The summed E-state index contributed by atoms with van der Waals surface area (Å²) in [5.74, 6) is 1.24. The zero-order valence-corrected chi connectivity index (χ0v) is 11.7. The maximum Gasteiger partial charge on any atom is 0.232 e. The van der Waals surface area contributed by atoms with Crippen LogP contribution in [0.1, 0.15) is 38.8 Å². The van der Waals surface area contributed by atoms with Gasteiger partial charge in [0, 0.05) is 12.1 Å². The second-order valence-corrected chi connectivity index (χ2v) is 5.42. The van der Waals surface area contributed by atoms with Crippen molar-refractivity contribution in [2.45, 2.75) is 44.6 Å². The van der Waals surface area contributed by atoms with Crippen molar-refractivity contribution >= 4 is 5.91 Å². The number of furan rings is 1. The zero-order chi connectivity index (χ0) is 14.2. The fourth-order valence-electron chi connectivity index (χ4n) is 2.22. The topological polar surface area (TPSA) is 68.3 Å². The van der Waals surface area contributed by atoms with Crippen LogP contribution in [0.2, 0.25) is 0 Å². The van der Waals surface area contributed by atoms with E-state index in [9.17, 15) is 4.79 Å². The normalized spacial score (nSPS) is 17.7. The highest BCUT2D eigenvalue weighted by molar-refractivity contribution is 5.91. The van der Waals surface area contributed by atoms with E-state index in [0.29, 0.717) is 17.2 Å². The Balaban J connectivity index is 1.80. The molecule has 106 valence electrons. The van der Waals surface area contributed by atoms with Gasteiger partial charge in [0.2, 0.25) is 11.7 Å². The Morgan fingerprint density at radius 2 is 2.30 bits per heavy atom. The van der Waals surface area contributed by atoms with Gasteiger partial charge in [-0.05, 0) is 38.3 Å². The van der Waals surface area contributed by atoms with Crippen LogP contribution in [-0.2, 0) is 10.2 Å². The Morgan fingerprint density at radius 3 is 2.90 bits per heavy atom. The smallest absolute Gasteiger partial charge is 0.232 e. The standard InChI is InChI=1S/C15H18N2O3/c1-3-10(2)16-14(18)15(6-7-15)13-9-12(20-17-13)11-5-4-8-19-11/h4-5,8-10H,3,6-7H2,1-2H3,(H,16,18). The molecular weight excluding hydrogens is 256 g/mol. The number of hydrogen-bond acceptors (Lipinski definition) is 4. The quantitative estimate of drug-likeness (QED) is 0.910. The third-order valence-electron chi connectivity index (χ3n) is 3.94. The van der Waals surface area contributed by atoms with Crippen LogP contribution in [0.15, 0.2) is 33.4 Å². The van der Waals surface area contributed by atoms with Crippen LogP contribution in [0.3, 0.4) is 0 Å². The minimum Gasteiger partial charge on any atom is -0.461 e. The molecule has 3 rings (SSSR count). The van der Waals surface area contributed by atoms with Gasteiger partial charge >= 0.3 is 0 Å². The van der Waals surface area contributed by atoms with Gasteiger partial charge < -0.3 is 14.3 Å². The Bertz CT molecular complexity index is 596. The summed E-state index contributed by atoms with van der Waals surface area (Å²) in [5.41, 5.74) is 0.197. The first-order chi connectivity index (χ1) is 9.65. The number of carbonyl (C=O) groups excluding carboxylic acids is 1. The largest absolute Gasteiger partial charge is 0.461 e. The summed E-state index contributed by atoms with van der Waals surface area (Å²) in [6.07, 6.45) is 4.14. The molecule has 0 aromatic carbocycles. The molecule has 2 aromatic rings. The van der Waals surface area contributed by atoms with Crippen molar-refractivity contribution in [2.75, 3.05) is 0 Å². The first kappa shape index (κ1) is 13.0. The molecule has 0 radical (unpaired) electrons. The number of rotatable bonds is 5. The van der Waals surface area contributed by atoms with E-state index < -0.39 is 5.41 Å². The van der Waals surface area contributed by atoms with Gasteiger partial charge in [-0.3, -0.25) is 4.79 Å². The van der Waals surface area contributed by atoms with Crippen LogP contribution in [0.5, 0.6) is 0 Å². The predicted octanol–water partition coefficient (Wildman–Crippen LogP) is 2.88. The van der Waals surface area contributed by atoms with Crippen LogP contribution < -0.4 is 5.32 Å². The molecule has 1 saturated carbocycles. The monoisotopic (exact) mass is 274 g/mol. The third-order valence-corrected chi connectivity index (χ3v) is 3.94. The van der Waals surface area contributed by atoms with Gasteiger partial charge in [0.05, 0.1) is 17.4 Å². The fourth-order valence-corrected chi connectivity index (χ4v) is 2.22. The molecule has 1 fully saturated rings. The second-order valence-electron chi connectivity index (χ2n) is 5.42. The van der Waals surface area contributed by atoms with Crippen molar-refractivity contribution in [1.82, 2.24) is 10.5 Å². The van der Waals surface area contributed by atoms with Crippen molar-refractivity contribution in [1.29, 1.82) is 0 Å². The molecule has 2 aromatic heterocycles. The molecule has 20 heavy (non-hydrogen) atoms. The van der Waals surface area contributed by atoms with Gasteiger partial charge in [-0.2, -0.15) is 0 Å². The van der Waals surface area contributed by atoms with E-state index in [1.165, 1.54) is 0 Å². The molecule has 1 amide bonds. The average Bonchev–Trinajstić information content (AvgIpc) is 2.91. The molecular formula is C15H18N2O3. The van der Waals surface area contributed by atoms with E-state index in [1.807, 2.05) is 19.1 Å². The van der Waals surface area contributed by atoms with E-state index in [1.54, 1.807) is 12.3 Å². The van der Waals surface area contributed by atoms with E-state index in [4.69, 9.17) is 8.94 Å². The maximum absolute atomic E-state index is 12.4. The highest BCUT2D eigenvalue weighted by Crippen LogP contribution is 2.48. The first-order valence-electron chi connectivity index (χ1n) is 6.98. The average molecular weight is 274 g/mol. The van der Waals surface area contributed by atoms with Gasteiger partial charge in [-0.15, -0.1) is 0 Å². The molecule has 2 heterocycles. The Morgan fingerprint density at radius 1 is 1.50 bits per heavy atom. The molecule has 1 aliphatic rings. The number of carbonyl (C=O) groups is 1. The second kappa shape index (κ2) is 4.81. The van der Waals surface area contributed by atoms with Crippen LogP contribution in [-0.4, -0.2) is 17.1 Å². The molecule has 5 nitrogen and oxygen atoms in total. The Labute approximate surface area is 117 Å². The summed E-state index contributed by atoms with van der Waals surface area (Å²) in [5, 5.41) is 7.10. The molecule has 1 atom stereocenters. The Kier molecular flexibility index (Phi) is 3.12. The Hall–Kier alpha value is -2.04. The lowest BCUT2D eigenvalue weighted by Gasteiger charge is -2.16. The first-order valence-corrected chi connectivity index (χ1v) is 6.98. The SMILES string of the molecule is CCC(C)NC(=O)C1(c2cc(-c3ccco3)on2)CC1. The van der Waals surface area contributed by atoms with E-state index in [2.05, 4.69) is 17.4 Å². The van der Waals surface area contributed by atoms with Gasteiger partial charge in [0.15, 0.2) is 5.76 Å². The van der Waals surface area contributed by atoms with Crippen molar-refractivity contribution in [3.8, 4) is 11.5 Å². The summed E-state index contributed by atoms with van der Waals surface area (Å²) in [6, 6.07) is 5.59. The van der Waals surface area contributed by atoms with E-state index >= 15 is 0 Å². The maximum atomic E-state index is 12.4. The van der Waals surface area contributed by atoms with Crippen LogP contribution in [0, 0.1) is 0 Å². The molecule has 0 saturated heterocycles. The van der Waals surface area contributed by atoms with Crippen molar-refractivity contribution in [2.24, 2.45) is 0 Å². The molecule has 1 unspecified atom stereocenters. The lowest BCUT2D eigenvalue weighted by Crippen LogP contribution is -2.40. The van der Waals surface area contributed by atoms with Crippen molar-refractivity contribution < 1.29 is 13.7 Å². The number of aromatic nitrogens is 1. The summed E-state index contributed by atoms with van der Waals surface area (Å²) in [6.45, 7) is 4.06. The van der Waals surface area contributed by atoms with Gasteiger partial charge in [0.25, 0.3) is 0 Å². The van der Waals surface area contributed by atoms with Crippen LogP contribution in [0.4, 0.5) is 0 Å². The molecule has 1 aliphatic carbocycles. The number of nitrogens with zero attached hydrogens (tertiary/aromatic N) is 1. The summed E-state index contributed by atoms with van der Waals surface area (Å²) < 4.78 is 10.6. The molecule has 1 N–H and O–H groups in total. The molecule has 0 spiro atoms. The zero-order valence-electron chi connectivity index (χ0n) is 11.7. The molecule has 0 aliphatic heterocycles. The van der Waals surface area contributed by atoms with E-state index in [0.717, 1.165) is 19.3 Å². The lowest BCUT2D eigenvalue weighted by molar-refractivity contribution is -0.124. The predicted molar refractivity (Wildman–Crippen MR) is 73.0 cm³/mol. The van der Waals surface area contributed by atoms with Crippen molar-refractivity contribution in [3.63, 3.8) is 0 Å². The van der Waals surface area contributed by atoms with Gasteiger partial charge in [-0.25, -0.2) is 0 Å². The highest BCUT2D eigenvalue weighted by Gasteiger charge is 2.54. The number of hydrogen-bond donors (Lipinski definition) is 1. The van der Waals surface area contributed by atoms with Crippen LogP contribution >= 0.6 is 0 Å². The minimum atomic E-state index is -0.502. The minimum absolute atomic E-state index is 0.0474. The molecule has 0 bridgehead atoms. The van der Waals surface area contributed by atoms with E-state index in [-0.39, 0.29) is 11.9 Å². The summed E-state index contributed by atoms with van der Waals surface area (Å²) >= 11 is 0.